The Morgan fingerprint density at radius 3 is 2.53 bits per heavy atom. The maximum Gasteiger partial charge on any atom is 0.231 e. The van der Waals surface area contributed by atoms with Gasteiger partial charge in [-0.05, 0) is 37.1 Å². The summed E-state index contributed by atoms with van der Waals surface area (Å²) in [7, 11) is 3.15. The van der Waals surface area contributed by atoms with E-state index in [4.69, 9.17) is 14.2 Å². The van der Waals surface area contributed by atoms with Crippen molar-refractivity contribution in [2.45, 2.75) is 19.8 Å². The summed E-state index contributed by atoms with van der Waals surface area (Å²) in [5.41, 5.74) is 1.33. The summed E-state index contributed by atoms with van der Waals surface area (Å²) >= 11 is 0. The van der Waals surface area contributed by atoms with Crippen molar-refractivity contribution in [3.63, 3.8) is 0 Å². The van der Waals surface area contributed by atoms with Crippen LogP contribution in [0.25, 0.3) is 17.0 Å². The Kier molecular flexibility index (Phi) is 7.09. The lowest BCUT2D eigenvalue weighted by atomic mass is 9.96. The molecule has 3 aromatic rings. The number of fused-ring (bicyclic) bond motifs is 1. The van der Waals surface area contributed by atoms with Crippen LogP contribution < -0.4 is 19.5 Å². The lowest BCUT2D eigenvalue weighted by Gasteiger charge is -2.30. The number of hydrogen-bond acceptors (Lipinski definition) is 8. The van der Waals surface area contributed by atoms with Gasteiger partial charge in [0.2, 0.25) is 17.7 Å². The predicted molar refractivity (Wildman–Crippen MR) is 123 cm³/mol. The van der Waals surface area contributed by atoms with Gasteiger partial charge >= 0.3 is 0 Å². The summed E-state index contributed by atoms with van der Waals surface area (Å²) in [6, 6.07) is 8.93. The number of amides is 2. The van der Waals surface area contributed by atoms with Crippen LogP contribution in [0.2, 0.25) is 0 Å². The van der Waals surface area contributed by atoms with Crippen molar-refractivity contribution >= 4 is 17.5 Å². The molecule has 1 fully saturated rings. The third kappa shape index (κ3) is 5.03. The minimum Gasteiger partial charge on any atom is -0.493 e. The first-order valence-corrected chi connectivity index (χ1v) is 11.1. The number of likely N-dealkylation sites (tertiary alicyclic amines) is 1. The molecule has 3 heterocycles. The lowest BCUT2D eigenvalue weighted by Crippen LogP contribution is -2.42. The van der Waals surface area contributed by atoms with Gasteiger partial charge in [-0.3, -0.25) is 9.59 Å². The first kappa shape index (κ1) is 23.3. The highest BCUT2D eigenvalue weighted by molar-refractivity contribution is 5.79. The summed E-state index contributed by atoms with van der Waals surface area (Å²) in [6.45, 7) is 3.42. The molecular formula is C23H28N6O5. The summed E-state index contributed by atoms with van der Waals surface area (Å²) in [5, 5.41) is 15.8. The highest BCUT2D eigenvalue weighted by atomic mass is 16.5. The number of piperidine rings is 1. The average molecular weight is 469 g/mol. The van der Waals surface area contributed by atoms with Crippen LogP contribution in [0, 0.1) is 5.92 Å². The van der Waals surface area contributed by atoms with Crippen molar-refractivity contribution in [3.05, 3.63) is 30.3 Å². The molecule has 34 heavy (non-hydrogen) atoms. The number of hydrogen-bond donors (Lipinski definition) is 1. The van der Waals surface area contributed by atoms with E-state index in [0.29, 0.717) is 61.3 Å². The molecule has 1 aromatic carbocycles. The quantitative estimate of drug-likeness (QED) is 0.495. The van der Waals surface area contributed by atoms with Crippen molar-refractivity contribution in [2.24, 2.45) is 5.92 Å². The Labute approximate surface area is 197 Å². The molecule has 0 saturated carbocycles. The predicted octanol–water partition coefficient (Wildman–Crippen LogP) is 1.56. The van der Waals surface area contributed by atoms with E-state index >= 15 is 0 Å². The van der Waals surface area contributed by atoms with Gasteiger partial charge in [0.05, 0.1) is 20.8 Å². The molecule has 2 amide bonds. The minimum absolute atomic E-state index is 0.00948. The van der Waals surface area contributed by atoms with Gasteiger partial charge < -0.3 is 24.4 Å². The van der Waals surface area contributed by atoms with E-state index in [9.17, 15) is 9.59 Å². The number of nitrogens with one attached hydrogen (secondary N) is 1. The summed E-state index contributed by atoms with van der Waals surface area (Å²) in [4.78, 5) is 25.6. The molecule has 0 radical (unpaired) electrons. The molecule has 1 N–H and O–H groups in total. The number of rotatable bonds is 8. The molecule has 11 nitrogen and oxygen atoms in total. The molecule has 180 valence electrons. The molecule has 0 bridgehead atoms. The summed E-state index contributed by atoms with van der Waals surface area (Å²) in [5.74, 6) is 2.08. The smallest absolute Gasteiger partial charge is 0.231 e. The molecule has 0 spiro atoms. The average Bonchev–Trinajstić information content (AvgIpc) is 3.29. The number of aromatic nitrogens is 4. The first-order valence-electron chi connectivity index (χ1n) is 11.1. The number of ether oxygens (including phenoxy) is 3. The Balaban J connectivity index is 1.35. The molecule has 2 aromatic heterocycles. The van der Waals surface area contributed by atoms with Crippen LogP contribution in [0.1, 0.15) is 19.8 Å². The monoisotopic (exact) mass is 468 g/mol. The van der Waals surface area contributed by atoms with Gasteiger partial charge in [0, 0.05) is 37.6 Å². The van der Waals surface area contributed by atoms with E-state index in [1.54, 1.807) is 54.8 Å². The highest BCUT2D eigenvalue weighted by Gasteiger charge is 2.25. The fourth-order valence-corrected chi connectivity index (χ4v) is 3.94. The van der Waals surface area contributed by atoms with Crippen LogP contribution in [0.5, 0.6) is 17.4 Å². The van der Waals surface area contributed by atoms with E-state index in [1.165, 1.54) is 0 Å². The van der Waals surface area contributed by atoms with Crippen LogP contribution in [-0.4, -0.2) is 77.0 Å². The van der Waals surface area contributed by atoms with Crippen LogP contribution in [0.15, 0.2) is 30.3 Å². The van der Waals surface area contributed by atoms with E-state index in [0.717, 1.165) is 5.56 Å². The summed E-state index contributed by atoms with van der Waals surface area (Å²) < 4.78 is 18.0. The Morgan fingerprint density at radius 1 is 1.06 bits per heavy atom. The van der Waals surface area contributed by atoms with Crippen LogP contribution in [0.4, 0.5) is 0 Å². The number of benzene rings is 1. The first-order chi connectivity index (χ1) is 16.5. The Hall–Kier alpha value is -3.89. The normalized spacial score (nSPS) is 14.1. The molecule has 4 rings (SSSR count). The maximum atomic E-state index is 12.4. The second kappa shape index (κ2) is 10.4. The van der Waals surface area contributed by atoms with Crippen molar-refractivity contribution in [1.82, 2.24) is 30.0 Å². The van der Waals surface area contributed by atoms with Crippen molar-refractivity contribution in [1.29, 1.82) is 0 Å². The molecule has 1 aliphatic heterocycles. The van der Waals surface area contributed by atoms with E-state index in [1.807, 2.05) is 6.07 Å². The van der Waals surface area contributed by atoms with Crippen molar-refractivity contribution in [3.8, 4) is 28.8 Å². The fraction of sp³-hybridized carbons (Fsp3) is 0.435. The van der Waals surface area contributed by atoms with Crippen LogP contribution >= 0.6 is 0 Å². The second-order valence-corrected chi connectivity index (χ2v) is 7.95. The number of nitrogens with zero attached hydrogens (tertiary/aromatic N) is 5. The van der Waals surface area contributed by atoms with Crippen molar-refractivity contribution < 1.29 is 23.8 Å². The Morgan fingerprint density at radius 2 is 1.82 bits per heavy atom. The maximum absolute atomic E-state index is 12.4. The SMILES string of the molecule is COc1ccc(-c2nnc3ccc(OCCNC(=O)C4CCN(C(C)=O)CC4)nn23)cc1OC. The van der Waals surface area contributed by atoms with Crippen molar-refractivity contribution in [2.75, 3.05) is 40.5 Å². The molecular weight excluding hydrogens is 440 g/mol. The van der Waals surface area contributed by atoms with E-state index in [2.05, 4.69) is 20.6 Å². The highest BCUT2D eigenvalue weighted by Crippen LogP contribution is 2.31. The number of carbonyl (C=O) groups is 2. The molecule has 1 aliphatic rings. The third-order valence-corrected chi connectivity index (χ3v) is 5.84. The zero-order valence-electron chi connectivity index (χ0n) is 19.5. The largest absolute Gasteiger partial charge is 0.493 e. The molecule has 0 aliphatic carbocycles. The molecule has 0 unspecified atom stereocenters. The van der Waals surface area contributed by atoms with Gasteiger partial charge in [0.15, 0.2) is 23.0 Å². The Bertz CT molecular complexity index is 1170. The van der Waals surface area contributed by atoms with Gasteiger partial charge in [0.1, 0.15) is 6.61 Å². The van der Waals surface area contributed by atoms with Crippen LogP contribution in [-0.2, 0) is 9.59 Å². The number of carbonyl (C=O) groups excluding carboxylic acids is 2. The topological polar surface area (TPSA) is 120 Å². The third-order valence-electron chi connectivity index (χ3n) is 5.84. The zero-order chi connectivity index (χ0) is 24.1. The second-order valence-electron chi connectivity index (χ2n) is 7.95. The number of methoxy groups -OCH3 is 2. The lowest BCUT2D eigenvalue weighted by molar-refractivity contribution is -0.133. The van der Waals surface area contributed by atoms with Gasteiger partial charge in [-0.1, -0.05) is 0 Å². The van der Waals surface area contributed by atoms with Gasteiger partial charge in [-0.2, -0.15) is 4.52 Å². The van der Waals surface area contributed by atoms with Gasteiger partial charge in [-0.25, -0.2) is 0 Å². The van der Waals surface area contributed by atoms with Crippen LogP contribution in [0.3, 0.4) is 0 Å². The standard InChI is InChI=1S/C23H28N6O5/c1-15(30)28-11-8-16(9-12-28)23(31)24-10-13-34-21-7-6-20-25-26-22(29(20)27-21)17-4-5-18(32-2)19(14-17)33-3/h4-7,14,16H,8-13H2,1-3H3,(H,24,31). The fourth-order valence-electron chi connectivity index (χ4n) is 3.94. The van der Waals surface area contributed by atoms with Gasteiger partial charge in [0.25, 0.3) is 0 Å². The zero-order valence-corrected chi connectivity index (χ0v) is 19.5. The molecule has 1 saturated heterocycles. The van der Waals surface area contributed by atoms with E-state index < -0.39 is 0 Å². The molecule has 0 atom stereocenters. The van der Waals surface area contributed by atoms with Gasteiger partial charge in [-0.15, -0.1) is 15.3 Å². The molecule has 11 heteroatoms. The summed E-state index contributed by atoms with van der Waals surface area (Å²) in [6.07, 6.45) is 1.36. The van der Waals surface area contributed by atoms with E-state index in [-0.39, 0.29) is 24.3 Å². The minimum atomic E-state index is -0.0776.